The summed E-state index contributed by atoms with van der Waals surface area (Å²) in [6.07, 6.45) is 5.51. The predicted molar refractivity (Wildman–Crippen MR) is 71.4 cm³/mol. The molecule has 5 nitrogen and oxygen atoms in total. The smallest absolute Gasteiger partial charge is 0.249 e. The lowest BCUT2D eigenvalue weighted by molar-refractivity contribution is 0.100. The molecule has 2 aromatic heterocycles. The number of nitrogens with two attached hydrogens (primary N) is 1. The fourth-order valence-electron chi connectivity index (χ4n) is 1.65. The van der Waals surface area contributed by atoms with Crippen molar-refractivity contribution in [2.45, 2.75) is 26.1 Å². The summed E-state index contributed by atoms with van der Waals surface area (Å²) in [5.74, 6) is -0.371. The van der Waals surface area contributed by atoms with Gasteiger partial charge in [-0.25, -0.2) is 4.98 Å². The number of carbonyl (C=O) groups is 1. The molecule has 1 atom stereocenters. The van der Waals surface area contributed by atoms with E-state index in [1.807, 2.05) is 16.8 Å². The average Bonchev–Trinajstić information content (AvgIpc) is 2.96. The second kappa shape index (κ2) is 5.79. The van der Waals surface area contributed by atoms with Crippen LogP contribution in [0.1, 0.15) is 22.2 Å². The van der Waals surface area contributed by atoms with Crippen LogP contribution in [-0.2, 0) is 13.1 Å². The number of hydrogen-bond donors (Lipinski definition) is 2. The van der Waals surface area contributed by atoms with Gasteiger partial charge in [-0.05, 0) is 13.0 Å². The van der Waals surface area contributed by atoms with Gasteiger partial charge in [-0.15, -0.1) is 11.3 Å². The van der Waals surface area contributed by atoms with Crippen LogP contribution in [0.3, 0.4) is 0 Å². The van der Waals surface area contributed by atoms with Crippen LogP contribution in [-0.4, -0.2) is 21.5 Å². The van der Waals surface area contributed by atoms with Crippen molar-refractivity contribution in [3.63, 3.8) is 0 Å². The molecule has 0 aliphatic carbocycles. The molecule has 0 spiro atoms. The molecule has 96 valence electrons. The summed E-state index contributed by atoms with van der Waals surface area (Å²) in [5, 5.41) is 5.19. The number of imidazole rings is 1. The molecule has 0 aliphatic heterocycles. The fraction of sp³-hybridized carbons (Fsp3) is 0.333. The van der Waals surface area contributed by atoms with Crippen LogP contribution in [0.2, 0.25) is 0 Å². The van der Waals surface area contributed by atoms with Crippen molar-refractivity contribution in [1.29, 1.82) is 0 Å². The predicted octanol–water partition coefficient (Wildman–Crippen LogP) is 1.22. The molecule has 0 radical (unpaired) electrons. The first kappa shape index (κ1) is 12.8. The molecule has 1 amide bonds. The van der Waals surface area contributed by atoms with Gasteiger partial charge < -0.3 is 15.6 Å². The van der Waals surface area contributed by atoms with Crippen LogP contribution in [0.15, 0.2) is 30.2 Å². The first-order valence-corrected chi connectivity index (χ1v) is 6.59. The Bertz CT molecular complexity index is 506. The molecule has 0 bridgehead atoms. The van der Waals surface area contributed by atoms with E-state index in [4.69, 9.17) is 5.73 Å². The minimum atomic E-state index is -0.371. The quantitative estimate of drug-likeness (QED) is 0.824. The summed E-state index contributed by atoms with van der Waals surface area (Å²) in [5.41, 5.74) is 5.79. The Hall–Kier alpha value is -1.66. The Balaban J connectivity index is 1.81. The van der Waals surface area contributed by atoms with Gasteiger partial charge in [-0.3, -0.25) is 4.79 Å². The van der Waals surface area contributed by atoms with Crippen molar-refractivity contribution < 1.29 is 4.79 Å². The summed E-state index contributed by atoms with van der Waals surface area (Å²) < 4.78 is 2.03. The summed E-state index contributed by atoms with van der Waals surface area (Å²) in [7, 11) is 0. The van der Waals surface area contributed by atoms with E-state index in [2.05, 4.69) is 17.2 Å². The highest BCUT2D eigenvalue weighted by Crippen LogP contribution is 2.14. The van der Waals surface area contributed by atoms with Crippen LogP contribution >= 0.6 is 11.3 Å². The Morgan fingerprint density at radius 1 is 1.67 bits per heavy atom. The van der Waals surface area contributed by atoms with E-state index in [9.17, 15) is 4.79 Å². The topological polar surface area (TPSA) is 72.9 Å². The van der Waals surface area contributed by atoms with Crippen molar-refractivity contribution in [3.8, 4) is 0 Å². The monoisotopic (exact) mass is 264 g/mol. The first-order valence-electron chi connectivity index (χ1n) is 5.71. The third kappa shape index (κ3) is 3.41. The maximum absolute atomic E-state index is 11.0. The second-order valence-corrected chi connectivity index (χ2v) is 5.20. The van der Waals surface area contributed by atoms with Crippen LogP contribution in [0.25, 0.3) is 0 Å². The Kier molecular flexibility index (Phi) is 4.11. The van der Waals surface area contributed by atoms with E-state index in [0.717, 1.165) is 18.0 Å². The molecular formula is C12H16N4OS. The van der Waals surface area contributed by atoms with Crippen molar-refractivity contribution in [3.05, 3.63) is 40.6 Å². The zero-order chi connectivity index (χ0) is 13.0. The molecule has 2 aromatic rings. The van der Waals surface area contributed by atoms with E-state index >= 15 is 0 Å². The molecule has 0 aromatic carbocycles. The normalized spacial score (nSPS) is 12.5. The number of rotatable bonds is 6. The Labute approximate surface area is 110 Å². The minimum absolute atomic E-state index is 0.332. The summed E-state index contributed by atoms with van der Waals surface area (Å²) in [6.45, 7) is 3.73. The lowest BCUT2D eigenvalue weighted by Crippen LogP contribution is -2.29. The van der Waals surface area contributed by atoms with Crippen molar-refractivity contribution in [2.24, 2.45) is 5.73 Å². The number of carbonyl (C=O) groups excluding carboxylic acids is 1. The molecule has 3 N–H and O–H groups in total. The zero-order valence-electron chi connectivity index (χ0n) is 10.2. The lowest BCUT2D eigenvalue weighted by atomic mass is 10.3. The largest absolute Gasteiger partial charge is 0.366 e. The van der Waals surface area contributed by atoms with E-state index in [1.165, 1.54) is 0 Å². The highest BCUT2D eigenvalue weighted by Gasteiger charge is 2.06. The standard InChI is InChI=1S/C12H16N4OS/c1-9(6-16-3-2-14-8-16)15-5-11-4-10(7-18-11)12(13)17/h2-4,7-9,15H,5-6H2,1H3,(H2,13,17). The van der Waals surface area contributed by atoms with Crippen LogP contribution in [0.4, 0.5) is 0 Å². The Morgan fingerprint density at radius 3 is 3.11 bits per heavy atom. The molecule has 0 saturated heterocycles. The average molecular weight is 264 g/mol. The number of primary amides is 1. The third-order valence-electron chi connectivity index (χ3n) is 2.61. The number of nitrogens with one attached hydrogen (secondary N) is 1. The van der Waals surface area contributed by atoms with Gasteiger partial charge in [0.05, 0.1) is 11.9 Å². The molecule has 2 rings (SSSR count). The minimum Gasteiger partial charge on any atom is -0.366 e. The van der Waals surface area contributed by atoms with E-state index in [-0.39, 0.29) is 5.91 Å². The van der Waals surface area contributed by atoms with Gasteiger partial charge >= 0.3 is 0 Å². The van der Waals surface area contributed by atoms with E-state index in [0.29, 0.717) is 11.6 Å². The number of amides is 1. The summed E-state index contributed by atoms with van der Waals surface area (Å²) in [4.78, 5) is 16.1. The van der Waals surface area contributed by atoms with Crippen LogP contribution < -0.4 is 11.1 Å². The molecule has 1 unspecified atom stereocenters. The summed E-state index contributed by atoms with van der Waals surface area (Å²) in [6, 6.07) is 2.17. The van der Waals surface area contributed by atoms with Crippen LogP contribution in [0, 0.1) is 0 Å². The highest BCUT2D eigenvalue weighted by atomic mass is 32.1. The van der Waals surface area contributed by atoms with Gasteiger partial charge in [-0.2, -0.15) is 0 Å². The second-order valence-electron chi connectivity index (χ2n) is 4.21. The molecule has 0 aliphatic rings. The molecule has 2 heterocycles. The van der Waals surface area contributed by atoms with E-state index < -0.39 is 0 Å². The molecule has 0 fully saturated rings. The summed E-state index contributed by atoms with van der Waals surface area (Å²) >= 11 is 1.55. The molecule has 6 heteroatoms. The van der Waals surface area contributed by atoms with Gasteiger partial charge in [0.25, 0.3) is 0 Å². The Morgan fingerprint density at radius 2 is 2.50 bits per heavy atom. The van der Waals surface area contributed by atoms with Crippen molar-refractivity contribution in [2.75, 3.05) is 0 Å². The zero-order valence-corrected chi connectivity index (χ0v) is 11.0. The van der Waals surface area contributed by atoms with Gasteiger partial charge in [0.15, 0.2) is 0 Å². The molecule has 0 saturated carbocycles. The van der Waals surface area contributed by atoms with Crippen LogP contribution in [0.5, 0.6) is 0 Å². The lowest BCUT2D eigenvalue weighted by Gasteiger charge is -2.13. The SMILES string of the molecule is CC(Cn1ccnc1)NCc1cc(C(N)=O)cs1. The van der Waals surface area contributed by atoms with Gasteiger partial charge in [0, 0.05) is 41.8 Å². The number of thiophene rings is 1. The molecular weight excluding hydrogens is 248 g/mol. The number of hydrogen-bond acceptors (Lipinski definition) is 4. The van der Waals surface area contributed by atoms with Gasteiger partial charge in [0.1, 0.15) is 0 Å². The van der Waals surface area contributed by atoms with Crippen molar-refractivity contribution >= 4 is 17.2 Å². The third-order valence-corrected chi connectivity index (χ3v) is 3.54. The van der Waals surface area contributed by atoms with E-state index in [1.54, 1.807) is 29.2 Å². The van der Waals surface area contributed by atoms with Gasteiger partial charge in [0.2, 0.25) is 5.91 Å². The maximum atomic E-state index is 11.0. The van der Waals surface area contributed by atoms with Crippen molar-refractivity contribution in [1.82, 2.24) is 14.9 Å². The maximum Gasteiger partial charge on any atom is 0.249 e. The number of aromatic nitrogens is 2. The van der Waals surface area contributed by atoms with Gasteiger partial charge in [-0.1, -0.05) is 0 Å². The fourth-order valence-corrected chi connectivity index (χ4v) is 2.48. The first-order chi connectivity index (χ1) is 8.65. The highest BCUT2D eigenvalue weighted by molar-refractivity contribution is 7.10. The number of nitrogens with zero attached hydrogens (tertiary/aromatic N) is 2. The molecule has 18 heavy (non-hydrogen) atoms.